The summed E-state index contributed by atoms with van der Waals surface area (Å²) in [7, 11) is 0. The lowest BCUT2D eigenvalue weighted by molar-refractivity contribution is -0.113. The Morgan fingerprint density at radius 3 is 2.63 bits per heavy atom. The van der Waals surface area contributed by atoms with Crippen molar-refractivity contribution < 1.29 is 4.79 Å². The first-order valence-corrected chi connectivity index (χ1v) is 10.5. The van der Waals surface area contributed by atoms with Crippen LogP contribution in [-0.4, -0.2) is 26.4 Å². The number of thioether (sulfide) groups is 1. The van der Waals surface area contributed by atoms with Crippen molar-refractivity contribution in [2.75, 3.05) is 11.1 Å². The number of amides is 1. The predicted molar refractivity (Wildman–Crippen MR) is 114 cm³/mol. The molecule has 8 heteroatoms. The second-order valence-corrected chi connectivity index (χ2v) is 8.11. The monoisotopic (exact) mass is 464 g/mol. The van der Waals surface area contributed by atoms with Crippen molar-refractivity contribution in [3.05, 3.63) is 57.5 Å². The topological polar surface area (TPSA) is 59.8 Å². The van der Waals surface area contributed by atoms with Crippen LogP contribution < -0.4 is 5.32 Å². The number of carbonyl (C=O) groups is 1. The first-order chi connectivity index (χ1) is 13.0. The Balaban J connectivity index is 1.69. The molecule has 3 aromatic rings. The smallest absolute Gasteiger partial charge is 0.234 e. The molecule has 0 aliphatic rings. The zero-order valence-corrected chi connectivity index (χ0v) is 18.0. The summed E-state index contributed by atoms with van der Waals surface area (Å²) in [5, 5.41) is 12.8. The van der Waals surface area contributed by atoms with E-state index in [1.54, 1.807) is 0 Å². The van der Waals surface area contributed by atoms with E-state index >= 15 is 0 Å². The van der Waals surface area contributed by atoms with E-state index in [9.17, 15) is 4.79 Å². The minimum atomic E-state index is -0.0942. The zero-order chi connectivity index (χ0) is 19.4. The van der Waals surface area contributed by atoms with E-state index in [1.165, 1.54) is 11.8 Å². The van der Waals surface area contributed by atoms with E-state index in [2.05, 4.69) is 31.4 Å². The molecule has 1 heterocycles. The molecule has 1 amide bonds. The highest BCUT2D eigenvalue weighted by molar-refractivity contribution is 9.10. The van der Waals surface area contributed by atoms with E-state index in [1.807, 2.05) is 60.9 Å². The minimum Gasteiger partial charge on any atom is -0.324 e. The molecule has 0 bridgehead atoms. The number of anilines is 1. The number of hydrogen-bond donors (Lipinski definition) is 1. The standard InChI is InChI=1S/C19H18BrClN4OS/c1-3-25-18(13-5-7-14(21)8-6-13)23-24-19(25)27-11-17(26)22-16-9-4-12(2)10-15(16)20/h4-10H,3,11H2,1-2H3,(H,22,26). The Morgan fingerprint density at radius 1 is 1.22 bits per heavy atom. The van der Waals surface area contributed by atoms with E-state index < -0.39 is 0 Å². The number of nitrogens with zero attached hydrogens (tertiary/aromatic N) is 3. The van der Waals surface area contributed by atoms with Crippen LogP contribution in [0.2, 0.25) is 5.02 Å². The summed E-state index contributed by atoms with van der Waals surface area (Å²) in [6.45, 7) is 4.73. The fourth-order valence-corrected chi connectivity index (χ4v) is 4.05. The van der Waals surface area contributed by atoms with E-state index in [0.717, 1.165) is 27.1 Å². The maximum Gasteiger partial charge on any atom is 0.234 e. The molecule has 2 aromatic carbocycles. The molecule has 0 fully saturated rings. The summed E-state index contributed by atoms with van der Waals surface area (Å²) in [4.78, 5) is 12.3. The normalized spacial score (nSPS) is 10.8. The average Bonchev–Trinajstić information content (AvgIpc) is 3.06. The van der Waals surface area contributed by atoms with Crippen LogP contribution >= 0.6 is 39.3 Å². The number of carbonyl (C=O) groups excluding carboxylic acids is 1. The van der Waals surface area contributed by atoms with Gasteiger partial charge in [0.1, 0.15) is 0 Å². The van der Waals surface area contributed by atoms with Gasteiger partial charge in [-0.1, -0.05) is 29.4 Å². The van der Waals surface area contributed by atoms with Crippen molar-refractivity contribution in [2.24, 2.45) is 0 Å². The van der Waals surface area contributed by atoms with Gasteiger partial charge in [-0.05, 0) is 71.7 Å². The Morgan fingerprint density at radius 2 is 1.96 bits per heavy atom. The molecule has 0 aliphatic heterocycles. The third-order valence-corrected chi connectivity index (χ3v) is 5.74. The third-order valence-electron chi connectivity index (χ3n) is 3.87. The maximum atomic E-state index is 12.3. The van der Waals surface area contributed by atoms with Crippen molar-refractivity contribution in [1.29, 1.82) is 0 Å². The lowest BCUT2D eigenvalue weighted by atomic mass is 10.2. The molecule has 1 N–H and O–H groups in total. The van der Waals surface area contributed by atoms with Gasteiger partial charge in [0.05, 0.1) is 11.4 Å². The van der Waals surface area contributed by atoms with Crippen molar-refractivity contribution >= 4 is 50.9 Å². The first-order valence-electron chi connectivity index (χ1n) is 8.36. The zero-order valence-electron chi connectivity index (χ0n) is 14.9. The van der Waals surface area contributed by atoms with E-state index in [0.29, 0.717) is 16.7 Å². The highest BCUT2D eigenvalue weighted by Gasteiger charge is 2.15. The summed E-state index contributed by atoms with van der Waals surface area (Å²) in [6.07, 6.45) is 0. The van der Waals surface area contributed by atoms with Crippen molar-refractivity contribution in [3.8, 4) is 11.4 Å². The summed E-state index contributed by atoms with van der Waals surface area (Å²) in [5.41, 5.74) is 2.82. The molecule has 0 saturated carbocycles. The second-order valence-electron chi connectivity index (χ2n) is 5.88. The van der Waals surface area contributed by atoms with Gasteiger partial charge in [0.2, 0.25) is 5.91 Å². The van der Waals surface area contributed by atoms with Gasteiger partial charge in [-0.2, -0.15) is 0 Å². The van der Waals surface area contributed by atoms with Gasteiger partial charge in [0.15, 0.2) is 11.0 Å². The number of rotatable bonds is 6. The van der Waals surface area contributed by atoms with Crippen LogP contribution in [0.25, 0.3) is 11.4 Å². The van der Waals surface area contributed by atoms with Crippen LogP contribution in [0, 0.1) is 6.92 Å². The third kappa shape index (κ3) is 4.91. The van der Waals surface area contributed by atoms with Crippen molar-refractivity contribution in [2.45, 2.75) is 25.5 Å². The van der Waals surface area contributed by atoms with E-state index in [4.69, 9.17) is 11.6 Å². The molecule has 3 rings (SSSR count). The van der Waals surface area contributed by atoms with Gasteiger partial charge in [-0.15, -0.1) is 10.2 Å². The van der Waals surface area contributed by atoms with Gasteiger partial charge >= 0.3 is 0 Å². The number of benzene rings is 2. The fourth-order valence-electron chi connectivity index (χ4n) is 2.53. The number of aromatic nitrogens is 3. The largest absolute Gasteiger partial charge is 0.324 e. The van der Waals surface area contributed by atoms with Crippen molar-refractivity contribution in [3.63, 3.8) is 0 Å². The number of hydrogen-bond acceptors (Lipinski definition) is 4. The average molecular weight is 466 g/mol. The molecule has 0 aliphatic carbocycles. The number of aryl methyl sites for hydroxylation is 1. The molecule has 27 heavy (non-hydrogen) atoms. The van der Waals surface area contributed by atoms with Crippen LogP contribution in [0.5, 0.6) is 0 Å². The molecule has 0 unspecified atom stereocenters. The maximum absolute atomic E-state index is 12.3. The molecular formula is C19H18BrClN4OS. The van der Waals surface area contributed by atoms with Crippen LogP contribution in [0.15, 0.2) is 52.1 Å². The van der Waals surface area contributed by atoms with Crippen molar-refractivity contribution in [1.82, 2.24) is 14.8 Å². The molecule has 1 aromatic heterocycles. The number of nitrogens with one attached hydrogen (secondary N) is 1. The Bertz CT molecular complexity index is 959. The van der Waals surface area contributed by atoms with Crippen LogP contribution in [-0.2, 0) is 11.3 Å². The lowest BCUT2D eigenvalue weighted by Crippen LogP contribution is -2.15. The fraction of sp³-hybridized carbons (Fsp3) is 0.211. The minimum absolute atomic E-state index is 0.0942. The van der Waals surface area contributed by atoms with Gasteiger partial charge in [0, 0.05) is 21.6 Å². The molecular weight excluding hydrogens is 448 g/mol. The van der Waals surface area contributed by atoms with Crippen LogP contribution in [0.1, 0.15) is 12.5 Å². The molecule has 0 atom stereocenters. The van der Waals surface area contributed by atoms with E-state index in [-0.39, 0.29) is 11.7 Å². The molecule has 0 saturated heterocycles. The molecule has 5 nitrogen and oxygen atoms in total. The van der Waals surface area contributed by atoms with Gasteiger partial charge in [0.25, 0.3) is 0 Å². The summed E-state index contributed by atoms with van der Waals surface area (Å²) >= 11 is 10.8. The summed E-state index contributed by atoms with van der Waals surface area (Å²) in [6, 6.07) is 13.3. The van der Waals surface area contributed by atoms with Gasteiger partial charge in [-0.3, -0.25) is 4.79 Å². The quantitative estimate of drug-likeness (QED) is 0.494. The summed E-state index contributed by atoms with van der Waals surface area (Å²) in [5.74, 6) is 0.917. The lowest BCUT2D eigenvalue weighted by Gasteiger charge is -2.09. The number of halogens is 2. The Hall–Kier alpha value is -1.83. The predicted octanol–water partition coefficient (Wildman–Crippen LogP) is 5.42. The molecule has 0 radical (unpaired) electrons. The van der Waals surface area contributed by atoms with Gasteiger partial charge < -0.3 is 9.88 Å². The van der Waals surface area contributed by atoms with Crippen LogP contribution in [0.4, 0.5) is 5.69 Å². The second kappa shape index (κ2) is 8.91. The summed E-state index contributed by atoms with van der Waals surface area (Å²) < 4.78 is 2.85. The SMILES string of the molecule is CCn1c(SCC(=O)Nc2ccc(C)cc2Br)nnc1-c1ccc(Cl)cc1. The highest BCUT2D eigenvalue weighted by atomic mass is 79.9. The molecule has 0 spiro atoms. The molecule has 140 valence electrons. The van der Waals surface area contributed by atoms with Gasteiger partial charge in [-0.25, -0.2) is 0 Å². The highest BCUT2D eigenvalue weighted by Crippen LogP contribution is 2.26. The Labute approximate surface area is 175 Å². The first kappa shape index (κ1) is 19.9. The Kier molecular flexibility index (Phi) is 6.57. The van der Waals surface area contributed by atoms with Crippen LogP contribution in [0.3, 0.4) is 0 Å².